The molecule has 1 N–H and O–H groups in total. The van der Waals surface area contributed by atoms with Crippen molar-refractivity contribution in [3.05, 3.63) is 78.9 Å². The molecule has 9 rings (SSSR count). The molecule has 2 aliphatic rings. The average Bonchev–Trinajstić information content (AvgIpc) is 3.93. The van der Waals surface area contributed by atoms with Gasteiger partial charge in [0.05, 0.1) is 25.2 Å². The van der Waals surface area contributed by atoms with Gasteiger partial charge in [-0.05, 0) is 27.7 Å². The quantitative estimate of drug-likeness (QED) is 0.157. The fraction of sp³-hybridized carbons (Fsp3) is 0.385. The summed E-state index contributed by atoms with van der Waals surface area (Å²) in [6.07, 6.45) is 0. The maximum Gasteiger partial charge on any atom is 0.204 e. The number of fused-ring (bicyclic) bond motifs is 20. The number of nitrogens with one attached hydrogen (secondary N) is 1. The van der Waals surface area contributed by atoms with Gasteiger partial charge in [0.15, 0.2) is 46.1 Å². The zero-order valence-corrected chi connectivity index (χ0v) is 39.1. The molecule has 7 aromatic rings. The van der Waals surface area contributed by atoms with E-state index in [2.05, 4.69) is 88.1 Å². The van der Waals surface area contributed by atoms with Crippen molar-refractivity contribution >= 4 is 44.1 Å². The first kappa shape index (κ1) is 42.7. The predicted molar refractivity (Wildman–Crippen MR) is 255 cm³/mol. The van der Waals surface area contributed by atoms with E-state index in [0.29, 0.717) is 94.9 Å². The number of ether oxygens (including phenoxy) is 3. The Bertz CT molecular complexity index is 3120. The summed E-state index contributed by atoms with van der Waals surface area (Å²) in [5, 5.41) is 3.13. The van der Waals surface area contributed by atoms with Crippen molar-refractivity contribution in [3.63, 3.8) is 0 Å². The third kappa shape index (κ3) is 8.57. The van der Waals surface area contributed by atoms with Gasteiger partial charge in [-0.15, -0.1) is 4.73 Å². The molecule has 0 amide bonds. The average molecular weight is 859 g/mol. The Hall–Kier alpha value is -6.56. The van der Waals surface area contributed by atoms with Gasteiger partial charge < -0.3 is 24.0 Å². The molecule has 0 radical (unpaired) electrons. The van der Waals surface area contributed by atoms with Crippen LogP contribution in [0.4, 0.5) is 0 Å². The molecular formula is C52H58N8O4. The highest BCUT2D eigenvalue weighted by atomic mass is 16.7. The van der Waals surface area contributed by atoms with Crippen LogP contribution in [-0.4, -0.2) is 66.0 Å². The smallest absolute Gasteiger partial charge is 0.204 e. The fourth-order valence-electron chi connectivity index (χ4n) is 7.43. The van der Waals surface area contributed by atoms with Crippen molar-refractivity contribution < 1.29 is 19.0 Å². The van der Waals surface area contributed by atoms with Crippen molar-refractivity contribution in [3.8, 4) is 62.8 Å². The van der Waals surface area contributed by atoms with Crippen molar-refractivity contribution in [2.24, 2.45) is 21.7 Å². The summed E-state index contributed by atoms with van der Waals surface area (Å²) in [7, 11) is 0. The van der Waals surface area contributed by atoms with Gasteiger partial charge in [0.2, 0.25) is 5.75 Å². The lowest BCUT2D eigenvalue weighted by atomic mass is 9.98. The number of rotatable bonds is 8. The molecule has 0 spiro atoms. The molecule has 2 aliphatic heterocycles. The molecule has 3 aromatic heterocycles. The van der Waals surface area contributed by atoms with Crippen LogP contribution in [0, 0.1) is 21.7 Å². The minimum Gasteiger partial charge on any atom is -0.489 e. The Morgan fingerprint density at radius 2 is 0.844 bits per heavy atom. The third-order valence-corrected chi connectivity index (χ3v) is 10.4. The molecule has 12 heteroatoms. The number of hydrogen-bond acceptors (Lipinski definition) is 10. The van der Waals surface area contributed by atoms with E-state index in [1.807, 2.05) is 78.9 Å². The first-order valence-corrected chi connectivity index (χ1v) is 22.1. The Morgan fingerprint density at radius 3 is 1.31 bits per heavy atom. The summed E-state index contributed by atoms with van der Waals surface area (Å²) < 4.78 is 22.2. The van der Waals surface area contributed by atoms with Crippen LogP contribution in [-0.2, 0) is 0 Å². The minimum atomic E-state index is -0.195. The molecule has 0 saturated heterocycles. The summed E-state index contributed by atoms with van der Waals surface area (Å²) in [4.78, 5) is 42.1. The van der Waals surface area contributed by atoms with Gasteiger partial charge in [-0.25, -0.2) is 29.9 Å². The molecule has 8 bridgehead atoms. The van der Waals surface area contributed by atoms with E-state index in [9.17, 15) is 0 Å². The summed E-state index contributed by atoms with van der Waals surface area (Å²) in [5.74, 6) is 3.53. The number of aromatic amines is 1. The number of nitrogens with zero attached hydrogens (tertiary/aromatic N) is 7. The second kappa shape index (κ2) is 15.6. The molecule has 0 unspecified atom stereocenters. The zero-order valence-electron chi connectivity index (χ0n) is 39.1. The molecule has 64 heavy (non-hydrogen) atoms. The summed E-state index contributed by atoms with van der Waals surface area (Å²) >= 11 is 0. The monoisotopic (exact) mass is 858 g/mol. The molecule has 0 atom stereocenters. The van der Waals surface area contributed by atoms with Crippen LogP contribution >= 0.6 is 0 Å². The van der Waals surface area contributed by atoms with E-state index in [1.54, 1.807) is 4.73 Å². The topological polar surface area (TPSA) is 135 Å². The van der Waals surface area contributed by atoms with Crippen LogP contribution in [0.2, 0.25) is 0 Å². The zero-order chi connectivity index (χ0) is 45.3. The van der Waals surface area contributed by atoms with Crippen LogP contribution in [0.15, 0.2) is 78.9 Å². The van der Waals surface area contributed by atoms with Crippen LogP contribution in [0.5, 0.6) is 17.2 Å². The number of H-pyrrole nitrogens is 1. The summed E-state index contributed by atoms with van der Waals surface area (Å²) in [6.45, 7) is 27.3. The summed E-state index contributed by atoms with van der Waals surface area (Å²) in [6, 6.07) is 26.1. The van der Waals surface area contributed by atoms with Gasteiger partial charge in [-0.1, -0.05) is 156 Å². The van der Waals surface area contributed by atoms with Gasteiger partial charge in [-0.2, -0.15) is 0 Å². The van der Waals surface area contributed by atoms with Gasteiger partial charge >= 0.3 is 0 Å². The molecule has 0 aliphatic carbocycles. The minimum absolute atomic E-state index is 0.146. The standard InChI is InChI=1S/C52H58N8O4/c1-49(2,3)26-61-37-25-36-38(40(63-28-51(7,8)9)39(37)62-27-50(4,5)6)46-56-42-31-20-14-16-22-33(31)44(54-42)59-48-35-24-18-17-23-34(35)47(60(48)64-29-52(10,11)12)58-43-32-21-15-13-19-30(32)41(53-43)55-45(36)57-46/h13-25H,26-29H2,1-12H3,(H,53,54,55,56,57,58,59). The van der Waals surface area contributed by atoms with Gasteiger partial charge in [0.1, 0.15) is 17.9 Å². The Kier molecular flexibility index (Phi) is 10.4. The highest BCUT2D eigenvalue weighted by Crippen LogP contribution is 2.48. The molecule has 4 aromatic carbocycles. The number of benzene rings is 4. The fourth-order valence-corrected chi connectivity index (χ4v) is 7.43. The van der Waals surface area contributed by atoms with Crippen LogP contribution in [0.3, 0.4) is 0 Å². The first-order chi connectivity index (χ1) is 30.2. The van der Waals surface area contributed by atoms with E-state index >= 15 is 0 Å². The third-order valence-electron chi connectivity index (χ3n) is 10.4. The highest BCUT2D eigenvalue weighted by molar-refractivity contribution is 6.11. The van der Waals surface area contributed by atoms with E-state index in [4.69, 9.17) is 49.0 Å². The highest BCUT2D eigenvalue weighted by Gasteiger charge is 2.29. The van der Waals surface area contributed by atoms with Crippen LogP contribution in [0.25, 0.3) is 89.7 Å². The molecule has 12 nitrogen and oxygen atoms in total. The maximum atomic E-state index is 6.93. The Labute approximate surface area is 374 Å². The van der Waals surface area contributed by atoms with Crippen molar-refractivity contribution in [2.45, 2.75) is 83.1 Å². The largest absolute Gasteiger partial charge is 0.489 e. The molecular weight excluding hydrogens is 801 g/mol. The molecule has 0 saturated carbocycles. The van der Waals surface area contributed by atoms with Crippen molar-refractivity contribution in [1.82, 2.24) is 39.6 Å². The van der Waals surface area contributed by atoms with Crippen molar-refractivity contribution in [1.29, 1.82) is 0 Å². The second-order valence-electron chi connectivity index (χ2n) is 21.7. The van der Waals surface area contributed by atoms with Gasteiger partial charge in [-0.3, -0.25) is 0 Å². The number of aromatic nitrogens is 8. The maximum absolute atomic E-state index is 6.93. The molecule has 0 fully saturated rings. The lowest BCUT2D eigenvalue weighted by Crippen LogP contribution is -2.24. The van der Waals surface area contributed by atoms with E-state index < -0.39 is 0 Å². The summed E-state index contributed by atoms with van der Waals surface area (Å²) in [5.41, 5.74) is 4.81. The second-order valence-corrected chi connectivity index (χ2v) is 21.7. The Morgan fingerprint density at radius 1 is 0.438 bits per heavy atom. The van der Waals surface area contributed by atoms with E-state index in [-0.39, 0.29) is 21.7 Å². The van der Waals surface area contributed by atoms with Crippen molar-refractivity contribution in [2.75, 3.05) is 26.4 Å². The van der Waals surface area contributed by atoms with Crippen LogP contribution < -0.4 is 19.0 Å². The van der Waals surface area contributed by atoms with Crippen LogP contribution in [0.1, 0.15) is 83.1 Å². The van der Waals surface area contributed by atoms with E-state index in [1.165, 1.54) is 0 Å². The predicted octanol–water partition coefficient (Wildman–Crippen LogP) is 12.1. The molecule has 330 valence electrons. The number of hydrogen-bond donors (Lipinski definition) is 1. The molecule has 5 heterocycles. The van der Waals surface area contributed by atoms with Gasteiger partial charge in [0.25, 0.3) is 0 Å². The normalized spacial score (nSPS) is 12.9. The lowest BCUT2D eigenvalue weighted by Gasteiger charge is -2.26. The van der Waals surface area contributed by atoms with E-state index in [0.717, 1.165) is 38.4 Å². The Balaban J connectivity index is 1.47. The van der Waals surface area contributed by atoms with Gasteiger partial charge in [0, 0.05) is 38.4 Å². The first-order valence-electron chi connectivity index (χ1n) is 22.1. The SMILES string of the molecule is CC(C)(C)COc1cc2c3nc4nc(nc5c6ccccc6c(nc6nc(nc([nH]3)c2c(OCC(C)(C)C)c1OCC(C)(C)C)-c1ccccc1-6)n5OCC(C)(C)C)-c1ccccc1-4. The lowest BCUT2D eigenvalue weighted by molar-refractivity contribution is 0.0679.